The summed E-state index contributed by atoms with van der Waals surface area (Å²) in [5, 5.41) is 3.70. The van der Waals surface area contributed by atoms with Crippen molar-refractivity contribution in [2.45, 2.75) is 0 Å². The van der Waals surface area contributed by atoms with Crippen molar-refractivity contribution in [3.8, 4) is 45.0 Å². The van der Waals surface area contributed by atoms with E-state index in [4.69, 9.17) is 4.98 Å². The van der Waals surface area contributed by atoms with Gasteiger partial charge in [0, 0.05) is 61.7 Å². The number of para-hydroxylation sites is 6. The van der Waals surface area contributed by atoms with Crippen LogP contribution in [0, 0.1) is 0 Å². The van der Waals surface area contributed by atoms with Crippen LogP contribution >= 0.6 is 0 Å². The topological polar surface area (TPSA) is 26.0 Å². The summed E-state index contributed by atoms with van der Waals surface area (Å²) >= 11 is 0. The molecule has 0 saturated heterocycles. The van der Waals surface area contributed by atoms with E-state index in [0.29, 0.717) is 0 Å². The summed E-state index contributed by atoms with van der Waals surface area (Å²) < 4.78 is 4.85. The summed E-state index contributed by atoms with van der Waals surface area (Å²) in [5.74, 6) is 0. The number of benzene rings is 7. The molecule has 0 amide bonds. The van der Waals surface area contributed by atoms with Gasteiger partial charge in [-0.25, -0.2) is 0 Å². The number of anilines is 3. The van der Waals surface area contributed by atoms with Gasteiger partial charge in [0.25, 0.3) is 0 Å². The molecule has 248 valence electrons. The molecule has 7 aromatic carbocycles. The van der Waals surface area contributed by atoms with Crippen LogP contribution in [-0.2, 0) is 0 Å². The molecular weight excluding hydrogens is 645 g/mol. The molecule has 0 atom stereocenters. The number of rotatable bonds is 4. The zero-order valence-corrected chi connectivity index (χ0v) is 28.8. The summed E-state index contributed by atoms with van der Waals surface area (Å²) in [6.45, 7) is 0. The molecule has 0 fully saturated rings. The highest BCUT2D eigenvalue weighted by Gasteiger charge is 2.31. The van der Waals surface area contributed by atoms with Gasteiger partial charge in [0.2, 0.25) is 0 Å². The Morgan fingerprint density at radius 2 is 0.925 bits per heavy atom. The van der Waals surface area contributed by atoms with Crippen molar-refractivity contribution in [2.24, 2.45) is 0 Å². The maximum Gasteiger partial charge on any atom is 0.0703 e. The summed E-state index contributed by atoms with van der Waals surface area (Å²) in [6, 6.07) is 67.8. The lowest BCUT2D eigenvalue weighted by Gasteiger charge is -2.28. The Morgan fingerprint density at radius 3 is 1.62 bits per heavy atom. The number of fused-ring (bicyclic) bond motifs is 10. The molecule has 53 heavy (non-hydrogen) atoms. The minimum absolute atomic E-state index is 0.928. The summed E-state index contributed by atoms with van der Waals surface area (Å²) in [4.78, 5) is 7.32. The molecule has 11 rings (SSSR count). The van der Waals surface area contributed by atoms with Crippen LogP contribution < -0.4 is 4.90 Å². The molecule has 3 aromatic heterocycles. The third-order valence-electron chi connectivity index (χ3n) is 10.7. The van der Waals surface area contributed by atoms with Gasteiger partial charge in [0.1, 0.15) is 0 Å². The van der Waals surface area contributed by atoms with E-state index in [1.54, 1.807) is 0 Å². The largest absolute Gasteiger partial charge is 0.309 e. The molecule has 1 aliphatic rings. The van der Waals surface area contributed by atoms with E-state index in [-0.39, 0.29) is 0 Å². The molecule has 0 spiro atoms. The molecule has 4 nitrogen and oxygen atoms in total. The van der Waals surface area contributed by atoms with Crippen molar-refractivity contribution < 1.29 is 0 Å². The minimum atomic E-state index is 0.928. The normalized spacial score (nSPS) is 12.1. The average Bonchev–Trinajstić information content (AvgIpc) is 3.71. The Hall–Kier alpha value is -7.17. The first-order chi connectivity index (χ1) is 26.3. The van der Waals surface area contributed by atoms with Crippen LogP contribution in [0.1, 0.15) is 0 Å². The lowest BCUT2D eigenvalue weighted by Crippen LogP contribution is -2.12. The van der Waals surface area contributed by atoms with E-state index in [1.807, 2.05) is 12.3 Å². The van der Waals surface area contributed by atoms with Crippen LogP contribution in [0.2, 0.25) is 0 Å². The van der Waals surface area contributed by atoms with Crippen LogP contribution in [0.15, 0.2) is 194 Å². The van der Waals surface area contributed by atoms with Gasteiger partial charge < -0.3 is 14.0 Å². The van der Waals surface area contributed by atoms with Gasteiger partial charge in [0.05, 0.1) is 39.3 Å². The predicted molar refractivity (Wildman–Crippen MR) is 220 cm³/mol. The maximum atomic E-state index is 4.86. The zero-order valence-electron chi connectivity index (χ0n) is 28.8. The van der Waals surface area contributed by atoms with Crippen molar-refractivity contribution in [3.05, 3.63) is 194 Å². The van der Waals surface area contributed by atoms with Crippen LogP contribution in [0.5, 0.6) is 0 Å². The van der Waals surface area contributed by atoms with Gasteiger partial charge in [-0.15, -0.1) is 0 Å². The summed E-state index contributed by atoms with van der Waals surface area (Å²) in [7, 11) is 0. The smallest absolute Gasteiger partial charge is 0.0703 e. The molecule has 4 heterocycles. The van der Waals surface area contributed by atoms with Crippen molar-refractivity contribution >= 4 is 49.8 Å². The Balaban J connectivity index is 1.25. The fourth-order valence-electron chi connectivity index (χ4n) is 8.51. The van der Waals surface area contributed by atoms with Gasteiger partial charge >= 0.3 is 0 Å². The maximum absolute atomic E-state index is 4.86. The van der Waals surface area contributed by atoms with E-state index >= 15 is 0 Å². The van der Waals surface area contributed by atoms with Gasteiger partial charge in [-0.05, 0) is 72.8 Å². The molecule has 1 aliphatic heterocycles. The van der Waals surface area contributed by atoms with E-state index in [1.165, 1.54) is 55.1 Å². The first kappa shape index (κ1) is 29.5. The van der Waals surface area contributed by atoms with Crippen molar-refractivity contribution in [1.82, 2.24) is 14.1 Å². The second-order valence-electron chi connectivity index (χ2n) is 13.6. The minimum Gasteiger partial charge on any atom is -0.309 e. The fraction of sp³-hybridized carbons (Fsp3) is 0. The highest BCUT2D eigenvalue weighted by atomic mass is 15.2. The first-order valence-corrected chi connectivity index (χ1v) is 18.1. The monoisotopic (exact) mass is 676 g/mol. The number of hydrogen-bond acceptors (Lipinski definition) is 2. The van der Waals surface area contributed by atoms with Crippen molar-refractivity contribution in [3.63, 3.8) is 0 Å². The highest BCUT2D eigenvalue weighted by Crippen LogP contribution is 2.54. The molecular formula is C49H32N4. The number of hydrogen-bond donors (Lipinski definition) is 0. The second-order valence-corrected chi connectivity index (χ2v) is 13.6. The Bertz CT molecular complexity index is 2950. The molecule has 0 unspecified atom stereocenters. The zero-order chi connectivity index (χ0) is 34.9. The average molecular weight is 677 g/mol. The van der Waals surface area contributed by atoms with Gasteiger partial charge in [-0.2, -0.15) is 0 Å². The molecule has 4 heteroatoms. The van der Waals surface area contributed by atoms with E-state index in [9.17, 15) is 0 Å². The SMILES string of the molecule is c1ccc(-n2c3c(c4ccccc42)-c2ccccc2N(c2cc(-c4ccccn4)cc(-n4c5ccccc5c5ccccc54)c2)c2ccccc2-3)cc1. The van der Waals surface area contributed by atoms with Crippen molar-refractivity contribution in [2.75, 3.05) is 4.90 Å². The first-order valence-electron chi connectivity index (χ1n) is 18.1. The van der Waals surface area contributed by atoms with E-state index < -0.39 is 0 Å². The van der Waals surface area contributed by atoms with Crippen molar-refractivity contribution in [1.29, 1.82) is 0 Å². The Kier molecular flexibility index (Phi) is 6.52. The number of pyridine rings is 1. The molecule has 0 bridgehead atoms. The van der Waals surface area contributed by atoms with E-state index in [2.05, 4.69) is 196 Å². The van der Waals surface area contributed by atoms with Gasteiger partial charge in [0.15, 0.2) is 0 Å². The highest BCUT2D eigenvalue weighted by molar-refractivity contribution is 6.13. The third-order valence-corrected chi connectivity index (χ3v) is 10.7. The van der Waals surface area contributed by atoms with E-state index in [0.717, 1.165) is 39.7 Å². The molecule has 0 aliphatic carbocycles. The van der Waals surface area contributed by atoms with Crippen LogP contribution in [0.3, 0.4) is 0 Å². The number of aromatic nitrogens is 3. The quantitative estimate of drug-likeness (QED) is 0.185. The molecule has 0 N–H and O–H groups in total. The number of nitrogens with zero attached hydrogens (tertiary/aromatic N) is 4. The molecule has 0 saturated carbocycles. The third kappa shape index (κ3) is 4.46. The van der Waals surface area contributed by atoms with Crippen LogP contribution in [0.4, 0.5) is 17.1 Å². The van der Waals surface area contributed by atoms with Crippen LogP contribution in [-0.4, -0.2) is 14.1 Å². The Labute approximate surface area is 307 Å². The van der Waals surface area contributed by atoms with Gasteiger partial charge in [-0.1, -0.05) is 115 Å². The standard InChI is InChI=1S/C49H32N4/c1-2-16-34(17-3-1)53-46-27-12-7-21-40(46)48-39-20-6-11-26-45(39)52(47-28-13-8-22-41(47)49(48)53)36-31-33(42-23-14-15-29-50-42)30-35(32-36)51-43-24-9-4-18-37(43)38-19-5-10-25-44(38)51/h1-32H. The van der Waals surface area contributed by atoms with Gasteiger partial charge in [-0.3, -0.25) is 4.98 Å². The lowest BCUT2D eigenvalue weighted by molar-refractivity contribution is 1.13. The van der Waals surface area contributed by atoms with Crippen LogP contribution in [0.25, 0.3) is 77.7 Å². The molecule has 0 radical (unpaired) electrons. The lowest BCUT2D eigenvalue weighted by atomic mass is 9.98. The predicted octanol–water partition coefficient (Wildman–Crippen LogP) is 12.9. The summed E-state index contributed by atoms with van der Waals surface area (Å²) in [6.07, 6.45) is 1.88. The fourth-order valence-corrected chi connectivity index (χ4v) is 8.51. The molecule has 10 aromatic rings. The second kappa shape index (κ2) is 11.7. The Morgan fingerprint density at radius 1 is 0.377 bits per heavy atom. The summed E-state index contributed by atoms with van der Waals surface area (Å²) in [5.41, 5.74) is 15.8.